The van der Waals surface area contributed by atoms with Gasteiger partial charge in [-0.05, 0) is 49.4 Å². The lowest BCUT2D eigenvalue weighted by Gasteiger charge is -2.05. The van der Waals surface area contributed by atoms with Crippen molar-refractivity contribution in [3.8, 4) is 5.95 Å². The molecular weight excluding hydrogens is 303 g/mol. The van der Waals surface area contributed by atoms with Crippen molar-refractivity contribution in [3.05, 3.63) is 72.3 Å². The van der Waals surface area contributed by atoms with Crippen molar-refractivity contribution in [2.75, 3.05) is 0 Å². The molecule has 0 aliphatic rings. The maximum atomic E-state index is 13.1. The molecule has 2 aromatic heterocycles. The monoisotopic (exact) mass is 324 g/mol. The molecule has 0 aliphatic carbocycles. The number of aryl methyl sites for hydroxylation is 2. The number of rotatable bonds is 8. The summed E-state index contributed by atoms with van der Waals surface area (Å²) in [5.41, 5.74) is 2.13. The minimum absolute atomic E-state index is 0.148. The quantitative estimate of drug-likeness (QED) is 0.585. The van der Waals surface area contributed by atoms with E-state index in [0.29, 0.717) is 5.95 Å². The highest BCUT2D eigenvalue weighted by molar-refractivity contribution is 5.16. The lowest BCUT2D eigenvalue weighted by atomic mass is 10.0. The van der Waals surface area contributed by atoms with E-state index in [9.17, 15) is 4.39 Å². The summed E-state index contributed by atoms with van der Waals surface area (Å²) < 4.78 is 14.9. The number of nitrogens with zero attached hydrogens (tertiary/aromatic N) is 4. The van der Waals surface area contributed by atoms with Crippen molar-refractivity contribution in [2.24, 2.45) is 0 Å². The predicted molar refractivity (Wildman–Crippen MR) is 91.4 cm³/mol. The van der Waals surface area contributed by atoms with Crippen LogP contribution >= 0.6 is 0 Å². The molecule has 2 heterocycles. The van der Waals surface area contributed by atoms with Crippen molar-refractivity contribution >= 4 is 0 Å². The van der Waals surface area contributed by atoms with Gasteiger partial charge < -0.3 is 0 Å². The number of benzene rings is 1. The number of aromatic nitrogens is 4. The number of unbranched alkanes of at least 4 members (excludes halogenated alkanes) is 3. The van der Waals surface area contributed by atoms with Crippen LogP contribution in [0.2, 0.25) is 0 Å². The molecule has 3 rings (SSSR count). The Balaban J connectivity index is 1.38. The van der Waals surface area contributed by atoms with Crippen LogP contribution < -0.4 is 0 Å². The van der Waals surface area contributed by atoms with Crippen molar-refractivity contribution in [1.82, 2.24) is 19.5 Å². The van der Waals surface area contributed by atoms with E-state index in [2.05, 4.69) is 15.0 Å². The second-order valence-corrected chi connectivity index (χ2v) is 5.86. The standard InChI is InChI=1S/C19H21FN4/c20-17-8-5-7-16(14-17)6-3-1-2-4-9-18-10-11-22-19(23-18)24-13-12-21-15-24/h5,7-8,10-15H,1-4,6,9H2. The molecule has 5 heteroatoms. The van der Waals surface area contributed by atoms with E-state index in [-0.39, 0.29) is 5.82 Å². The highest BCUT2D eigenvalue weighted by Gasteiger charge is 2.02. The molecule has 0 bridgehead atoms. The molecule has 1 aromatic carbocycles. The van der Waals surface area contributed by atoms with Crippen LogP contribution in [0.1, 0.15) is 36.9 Å². The minimum atomic E-state index is -0.148. The zero-order valence-electron chi connectivity index (χ0n) is 13.6. The predicted octanol–water partition coefficient (Wildman–Crippen LogP) is 4.15. The van der Waals surface area contributed by atoms with Gasteiger partial charge in [-0.3, -0.25) is 4.57 Å². The lowest BCUT2D eigenvalue weighted by Crippen LogP contribution is -2.01. The molecule has 0 radical (unpaired) electrons. The summed E-state index contributed by atoms with van der Waals surface area (Å²) >= 11 is 0. The van der Waals surface area contributed by atoms with Crippen LogP contribution in [0.4, 0.5) is 4.39 Å². The molecule has 0 unspecified atom stereocenters. The number of halogens is 1. The molecular formula is C19H21FN4. The zero-order valence-corrected chi connectivity index (χ0v) is 13.6. The highest BCUT2D eigenvalue weighted by Crippen LogP contribution is 2.11. The van der Waals surface area contributed by atoms with Crippen molar-refractivity contribution in [2.45, 2.75) is 38.5 Å². The van der Waals surface area contributed by atoms with Gasteiger partial charge in [-0.1, -0.05) is 25.0 Å². The average Bonchev–Trinajstić information content (AvgIpc) is 3.13. The Morgan fingerprint density at radius 3 is 2.62 bits per heavy atom. The topological polar surface area (TPSA) is 43.6 Å². The third kappa shape index (κ3) is 4.72. The van der Waals surface area contributed by atoms with Crippen molar-refractivity contribution in [1.29, 1.82) is 0 Å². The lowest BCUT2D eigenvalue weighted by molar-refractivity contribution is 0.616. The summed E-state index contributed by atoms with van der Waals surface area (Å²) in [5, 5.41) is 0. The van der Waals surface area contributed by atoms with Gasteiger partial charge in [0.2, 0.25) is 5.95 Å². The summed E-state index contributed by atoms with van der Waals surface area (Å²) in [5.74, 6) is 0.515. The zero-order chi connectivity index (χ0) is 16.6. The van der Waals surface area contributed by atoms with Gasteiger partial charge in [-0.25, -0.2) is 19.3 Å². The van der Waals surface area contributed by atoms with E-state index >= 15 is 0 Å². The molecule has 0 amide bonds. The minimum Gasteiger partial charge on any atom is -0.274 e. The van der Waals surface area contributed by atoms with Gasteiger partial charge >= 0.3 is 0 Å². The smallest absolute Gasteiger partial charge is 0.235 e. The van der Waals surface area contributed by atoms with Crippen LogP contribution in [0.3, 0.4) is 0 Å². The van der Waals surface area contributed by atoms with E-state index in [1.165, 1.54) is 6.07 Å². The molecule has 0 spiro atoms. The molecule has 4 nitrogen and oxygen atoms in total. The molecule has 3 aromatic rings. The first kappa shape index (κ1) is 16.3. The summed E-state index contributed by atoms with van der Waals surface area (Å²) in [4.78, 5) is 12.8. The Hall–Kier alpha value is -2.56. The SMILES string of the molecule is Fc1cccc(CCCCCCc2ccnc(-n3ccnc3)n2)c1. The third-order valence-corrected chi connectivity index (χ3v) is 3.97. The first-order chi connectivity index (χ1) is 11.8. The second kappa shape index (κ2) is 8.34. The van der Waals surface area contributed by atoms with E-state index < -0.39 is 0 Å². The maximum Gasteiger partial charge on any atom is 0.235 e. The first-order valence-corrected chi connectivity index (χ1v) is 8.36. The van der Waals surface area contributed by atoms with E-state index in [1.807, 2.05) is 22.9 Å². The van der Waals surface area contributed by atoms with Gasteiger partial charge in [0.05, 0.1) is 0 Å². The van der Waals surface area contributed by atoms with Crippen LogP contribution in [0.5, 0.6) is 0 Å². The van der Waals surface area contributed by atoms with E-state index in [1.54, 1.807) is 30.9 Å². The van der Waals surface area contributed by atoms with Gasteiger partial charge in [0.15, 0.2) is 0 Å². The number of hydrogen-bond acceptors (Lipinski definition) is 3. The normalized spacial score (nSPS) is 10.9. The van der Waals surface area contributed by atoms with Gasteiger partial charge in [-0.15, -0.1) is 0 Å². The Bertz CT molecular complexity index is 756. The molecule has 0 aliphatic heterocycles. The Kier molecular flexibility index (Phi) is 5.66. The molecule has 0 N–H and O–H groups in total. The summed E-state index contributed by atoms with van der Waals surface area (Å²) in [6, 6.07) is 8.84. The first-order valence-electron chi connectivity index (χ1n) is 8.36. The molecule has 0 saturated heterocycles. The molecule has 0 atom stereocenters. The van der Waals surface area contributed by atoms with Gasteiger partial charge in [0.25, 0.3) is 0 Å². The van der Waals surface area contributed by atoms with Crippen molar-refractivity contribution in [3.63, 3.8) is 0 Å². The second-order valence-electron chi connectivity index (χ2n) is 5.86. The third-order valence-electron chi connectivity index (χ3n) is 3.97. The summed E-state index contributed by atoms with van der Waals surface area (Å²) in [6.45, 7) is 0. The largest absolute Gasteiger partial charge is 0.274 e. The Labute approximate surface area is 141 Å². The molecule has 124 valence electrons. The van der Waals surface area contributed by atoms with E-state index in [4.69, 9.17) is 0 Å². The fourth-order valence-corrected chi connectivity index (χ4v) is 2.71. The molecule has 0 fully saturated rings. The van der Waals surface area contributed by atoms with Crippen LogP contribution in [-0.2, 0) is 12.8 Å². The van der Waals surface area contributed by atoms with Crippen LogP contribution in [-0.4, -0.2) is 19.5 Å². The fourth-order valence-electron chi connectivity index (χ4n) is 2.71. The van der Waals surface area contributed by atoms with Gasteiger partial charge in [0.1, 0.15) is 12.1 Å². The van der Waals surface area contributed by atoms with Crippen LogP contribution in [0, 0.1) is 5.82 Å². The molecule has 24 heavy (non-hydrogen) atoms. The van der Waals surface area contributed by atoms with Gasteiger partial charge in [-0.2, -0.15) is 0 Å². The molecule has 0 saturated carbocycles. The Morgan fingerprint density at radius 2 is 1.83 bits per heavy atom. The fraction of sp³-hybridized carbons (Fsp3) is 0.316. The van der Waals surface area contributed by atoms with Gasteiger partial charge in [0, 0.05) is 24.3 Å². The number of imidazole rings is 1. The summed E-state index contributed by atoms with van der Waals surface area (Å²) in [7, 11) is 0. The average molecular weight is 324 g/mol. The summed E-state index contributed by atoms with van der Waals surface area (Å²) in [6.07, 6.45) is 13.4. The van der Waals surface area contributed by atoms with E-state index in [0.717, 1.165) is 49.8 Å². The Morgan fingerprint density at radius 1 is 0.958 bits per heavy atom. The van der Waals surface area contributed by atoms with Crippen LogP contribution in [0.15, 0.2) is 55.2 Å². The van der Waals surface area contributed by atoms with Crippen molar-refractivity contribution < 1.29 is 4.39 Å². The highest BCUT2D eigenvalue weighted by atomic mass is 19.1. The van der Waals surface area contributed by atoms with Crippen LogP contribution in [0.25, 0.3) is 5.95 Å². The maximum absolute atomic E-state index is 13.1. The number of hydrogen-bond donors (Lipinski definition) is 0.